The average molecular weight is 298 g/mol. The van der Waals surface area contributed by atoms with Crippen LogP contribution in [0.2, 0.25) is 0 Å². The summed E-state index contributed by atoms with van der Waals surface area (Å²) in [5.74, 6) is 0.367. The largest absolute Gasteiger partial charge is 0.487 e. The van der Waals surface area contributed by atoms with Crippen molar-refractivity contribution in [1.82, 2.24) is 0 Å². The summed E-state index contributed by atoms with van der Waals surface area (Å²) >= 11 is 0. The monoisotopic (exact) mass is 298 g/mol. The number of hydrogen-bond acceptors (Lipinski definition) is 4. The van der Waals surface area contributed by atoms with Gasteiger partial charge in [0.05, 0.1) is 17.2 Å². The van der Waals surface area contributed by atoms with Gasteiger partial charge < -0.3 is 9.64 Å². The van der Waals surface area contributed by atoms with Crippen LogP contribution in [0.1, 0.15) is 17.3 Å². The number of non-ortho nitro benzene ring substituents is 1. The maximum absolute atomic E-state index is 12.7. The van der Waals surface area contributed by atoms with Crippen LogP contribution in [0.25, 0.3) is 0 Å². The zero-order valence-corrected chi connectivity index (χ0v) is 11.9. The Balaban J connectivity index is 1.99. The summed E-state index contributed by atoms with van der Waals surface area (Å²) < 4.78 is 5.71. The molecule has 1 aliphatic heterocycles. The number of rotatable bonds is 2. The van der Waals surface area contributed by atoms with Gasteiger partial charge >= 0.3 is 0 Å². The first kappa shape index (κ1) is 14.1. The molecule has 0 aliphatic carbocycles. The van der Waals surface area contributed by atoms with Crippen molar-refractivity contribution >= 4 is 17.3 Å². The van der Waals surface area contributed by atoms with Crippen molar-refractivity contribution in [1.29, 1.82) is 0 Å². The number of para-hydroxylation sites is 2. The number of carbonyl (C=O) groups excluding carboxylic acids is 1. The Hall–Kier alpha value is -2.89. The molecular weight excluding hydrogens is 284 g/mol. The standard InChI is InChI=1S/C16H14N2O4/c1-11-10-17(14-7-2-3-8-15(14)22-11)16(19)12-5-4-6-13(9-12)18(20)21/h2-9,11H,10H2,1H3/t11-/m0/s1. The summed E-state index contributed by atoms with van der Waals surface area (Å²) in [5, 5.41) is 10.9. The van der Waals surface area contributed by atoms with Gasteiger partial charge in [-0.2, -0.15) is 0 Å². The average Bonchev–Trinajstić information content (AvgIpc) is 2.53. The zero-order chi connectivity index (χ0) is 15.7. The number of nitrogens with zero attached hydrogens (tertiary/aromatic N) is 2. The van der Waals surface area contributed by atoms with E-state index in [0.717, 1.165) is 0 Å². The molecule has 6 nitrogen and oxygen atoms in total. The van der Waals surface area contributed by atoms with Gasteiger partial charge in [0.1, 0.15) is 11.9 Å². The lowest BCUT2D eigenvalue weighted by Crippen LogP contribution is -2.42. The minimum Gasteiger partial charge on any atom is -0.487 e. The number of nitro groups is 1. The Morgan fingerprint density at radius 2 is 2.05 bits per heavy atom. The SMILES string of the molecule is C[C@H]1CN(C(=O)c2cccc([N+](=O)[O-])c2)c2ccccc2O1. The minimum atomic E-state index is -0.507. The molecule has 0 radical (unpaired) electrons. The van der Waals surface area contributed by atoms with E-state index >= 15 is 0 Å². The second-order valence-corrected chi connectivity index (χ2v) is 5.12. The lowest BCUT2D eigenvalue weighted by atomic mass is 10.1. The van der Waals surface area contributed by atoms with Crippen molar-refractivity contribution < 1.29 is 14.5 Å². The Labute approximate surface area is 127 Å². The van der Waals surface area contributed by atoms with Gasteiger partial charge in [-0.3, -0.25) is 14.9 Å². The number of carbonyl (C=O) groups is 1. The molecule has 0 aromatic heterocycles. The lowest BCUT2D eigenvalue weighted by molar-refractivity contribution is -0.384. The number of ether oxygens (including phenoxy) is 1. The molecule has 2 aromatic carbocycles. The topological polar surface area (TPSA) is 72.7 Å². The van der Waals surface area contributed by atoms with Crippen LogP contribution in [0.15, 0.2) is 48.5 Å². The summed E-state index contributed by atoms with van der Waals surface area (Å²) in [4.78, 5) is 24.7. The number of anilines is 1. The maximum atomic E-state index is 12.7. The maximum Gasteiger partial charge on any atom is 0.270 e. The smallest absolute Gasteiger partial charge is 0.270 e. The van der Waals surface area contributed by atoms with Crippen LogP contribution in [-0.2, 0) is 0 Å². The molecule has 3 rings (SSSR count). The third kappa shape index (κ3) is 2.50. The highest BCUT2D eigenvalue weighted by Crippen LogP contribution is 2.34. The van der Waals surface area contributed by atoms with E-state index in [-0.39, 0.29) is 23.3 Å². The van der Waals surface area contributed by atoms with E-state index in [0.29, 0.717) is 18.0 Å². The molecule has 0 N–H and O–H groups in total. The Morgan fingerprint density at radius 1 is 1.27 bits per heavy atom. The van der Waals surface area contributed by atoms with Gasteiger partial charge in [-0.25, -0.2) is 0 Å². The predicted octanol–water partition coefficient (Wildman–Crippen LogP) is 3.02. The molecule has 1 amide bonds. The first-order valence-corrected chi connectivity index (χ1v) is 6.88. The molecule has 1 aliphatic rings. The van der Waals surface area contributed by atoms with Crippen molar-refractivity contribution in [2.45, 2.75) is 13.0 Å². The van der Waals surface area contributed by atoms with E-state index in [2.05, 4.69) is 0 Å². The molecule has 0 spiro atoms. The summed E-state index contributed by atoms with van der Waals surface area (Å²) in [7, 11) is 0. The van der Waals surface area contributed by atoms with Crippen LogP contribution in [0.3, 0.4) is 0 Å². The van der Waals surface area contributed by atoms with E-state index in [1.165, 1.54) is 18.2 Å². The minimum absolute atomic E-state index is 0.0968. The van der Waals surface area contributed by atoms with Crippen molar-refractivity contribution in [2.24, 2.45) is 0 Å². The highest BCUT2D eigenvalue weighted by molar-refractivity contribution is 6.07. The summed E-state index contributed by atoms with van der Waals surface area (Å²) in [6.45, 7) is 2.28. The summed E-state index contributed by atoms with van der Waals surface area (Å²) in [6, 6.07) is 13.0. The molecule has 0 fully saturated rings. The molecule has 22 heavy (non-hydrogen) atoms. The third-order valence-electron chi connectivity index (χ3n) is 3.47. The van der Waals surface area contributed by atoms with E-state index in [1.807, 2.05) is 19.1 Å². The zero-order valence-electron chi connectivity index (χ0n) is 11.9. The number of benzene rings is 2. The second-order valence-electron chi connectivity index (χ2n) is 5.12. The van der Waals surface area contributed by atoms with Crippen molar-refractivity contribution in [2.75, 3.05) is 11.4 Å². The van der Waals surface area contributed by atoms with Gasteiger partial charge in [-0.1, -0.05) is 18.2 Å². The summed E-state index contributed by atoms with van der Waals surface area (Å²) in [6.07, 6.45) is -0.141. The van der Waals surface area contributed by atoms with E-state index in [9.17, 15) is 14.9 Å². The fourth-order valence-electron chi connectivity index (χ4n) is 2.49. The first-order valence-electron chi connectivity index (χ1n) is 6.88. The van der Waals surface area contributed by atoms with E-state index < -0.39 is 4.92 Å². The molecule has 2 aromatic rings. The number of nitro benzene ring substituents is 1. The predicted molar refractivity (Wildman–Crippen MR) is 81.3 cm³/mol. The van der Waals surface area contributed by atoms with Gasteiger partial charge in [-0.15, -0.1) is 0 Å². The highest BCUT2D eigenvalue weighted by atomic mass is 16.6. The normalized spacial score (nSPS) is 16.6. The van der Waals surface area contributed by atoms with Crippen LogP contribution < -0.4 is 9.64 Å². The first-order chi connectivity index (χ1) is 10.6. The molecule has 0 bridgehead atoms. The molecule has 112 valence electrons. The molecule has 1 heterocycles. The van der Waals surface area contributed by atoms with Gasteiger partial charge in [0, 0.05) is 17.7 Å². The molecule has 6 heteroatoms. The molecule has 0 saturated carbocycles. The quantitative estimate of drug-likeness (QED) is 0.631. The highest BCUT2D eigenvalue weighted by Gasteiger charge is 2.28. The van der Waals surface area contributed by atoms with Crippen LogP contribution >= 0.6 is 0 Å². The van der Waals surface area contributed by atoms with Gasteiger partial charge in [0.15, 0.2) is 0 Å². The van der Waals surface area contributed by atoms with Crippen LogP contribution in [0, 0.1) is 10.1 Å². The van der Waals surface area contributed by atoms with E-state index in [1.54, 1.807) is 23.1 Å². The Bertz CT molecular complexity index is 744. The van der Waals surface area contributed by atoms with Gasteiger partial charge in [0.2, 0.25) is 0 Å². The molecular formula is C16H14N2O4. The Morgan fingerprint density at radius 3 is 2.82 bits per heavy atom. The van der Waals surface area contributed by atoms with Gasteiger partial charge in [0.25, 0.3) is 11.6 Å². The van der Waals surface area contributed by atoms with Crippen LogP contribution in [0.5, 0.6) is 5.75 Å². The number of amides is 1. The van der Waals surface area contributed by atoms with Crippen molar-refractivity contribution in [3.8, 4) is 5.75 Å². The molecule has 0 unspecified atom stereocenters. The van der Waals surface area contributed by atoms with Crippen molar-refractivity contribution in [3.63, 3.8) is 0 Å². The lowest BCUT2D eigenvalue weighted by Gasteiger charge is -2.33. The fourth-order valence-corrected chi connectivity index (χ4v) is 2.49. The third-order valence-corrected chi connectivity index (χ3v) is 3.47. The van der Waals surface area contributed by atoms with Crippen LogP contribution in [0.4, 0.5) is 11.4 Å². The fraction of sp³-hybridized carbons (Fsp3) is 0.188. The van der Waals surface area contributed by atoms with Crippen molar-refractivity contribution in [3.05, 3.63) is 64.2 Å². The summed E-state index contributed by atoms with van der Waals surface area (Å²) in [5.41, 5.74) is 0.871. The number of fused-ring (bicyclic) bond motifs is 1. The molecule has 0 saturated heterocycles. The number of hydrogen-bond donors (Lipinski definition) is 0. The molecule has 1 atom stereocenters. The van der Waals surface area contributed by atoms with Crippen LogP contribution in [-0.4, -0.2) is 23.5 Å². The Kier molecular flexibility index (Phi) is 3.50. The second kappa shape index (κ2) is 5.48. The van der Waals surface area contributed by atoms with E-state index in [4.69, 9.17) is 4.74 Å². The van der Waals surface area contributed by atoms with Gasteiger partial charge in [-0.05, 0) is 25.1 Å².